The number of ether oxygens (including phenoxy) is 2. The average Bonchev–Trinajstić information content (AvgIpc) is 3.43. The molecule has 3 heteroatoms. The van der Waals surface area contributed by atoms with Crippen molar-refractivity contribution in [3.05, 3.63) is 0 Å². The van der Waals surface area contributed by atoms with Gasteiger partial charge in [-0.1, -0.05) is 27.2 Å². The summed E-state index contributed by atoms with van der Waals surface area (Å²) >= 11 is 0. The van der Waals surface area contributed by atoms with Crippen LogP contribution >= 0.6 is 0 Å². The minimum absolute atomic E-state index is 0.0539. The van der Waals surface area contributed by atoms with E-state index >= 15 is 0 Å². The highest BCUT2D eigenvalue weighted by molar-refractivity contribution is 5.77. The van der Waals surface area contributed by atoms with Gasteiger partial charge in [0.15, 0.2) is 0 Å². The fourth-order valence-electron chi connectivity index (χ4n) is 7.22. The SMILES string of the molecule is CC(C)C1CCC2C(CCC3C(C)(C(=O)OCC4CO4)CCCC23C)C1. The minimum atomic E-state index is -0.290. The Bertz CT molecular complexity index is 540. The molecule has 1 heterocycles. The molecule has 0 aromatic carbocycles. The van der Waals surface area contributed by atoms with Crippen molar-refractivity contribution in [2.45, 2.75) is 85.2 Å². The van der Waals surface area contributed by atoms with Gasteiger partial charge in [0.2, 0.25) is 0 Å². The number of rotatable bonds is 4. The van der Waals surface area contributed by atoms with Crippen LogP contribution in [0.25, 0.3) is 0 Å². The molecule has 26 heavy (non-hydrogen) atoms. The number of carbonyl (C=O) groups excluding carboxylic acids is 1. The maximum atomic E-state index is 13.1. The number of hydrogen-bond donors (Lipinski definition) is 0. The lowest BCUT2D eigenvalue weighted by Crippen LogP contribution is -2.56. The molecule has 148 valence electrons. The molecule has 4 aliphatic rings. The molecule has 4 rings (SSSR count). The second-order valence-corrected chi connectivity index (χ2v) is 10.6. The molecule has 3 saturated carbocycles. The fraction of sp³-hybridized carbons (Fsp3) is 0.957. The number of epoxide rings is 1. The van der Waals surface area contributed by atoms with E-state index in [1.54, 1.807) is 0 Å². The Morgan fingerprint density at radius 1 is 1.15 bits per heavy atom. The van der Waals surface area contributed by atoms with Gasteiger partial charge in [-0.05, 0) is 86.9 Å². The molecule has 0 N–H and O–H groups in total. The molecule has 3 nitrogen and oxygen atoms in total. The third kappa shape index (κ3) is 3.12. The zero-order valence-electron chi connectivity index (χ0n) is 17.3. The molecule has 0 bridgehead atoms. The summed E-state index contributed by atoms with van der Waals surface area (Å²) in [6, 6.07) is 0. The average molecular weight is 363 g/mol. The second-order valence-electron chi connectivity index (χ2n) is 10.6. The molecular weight excluding hydrogens is 324 g/mol. The van der Waals surface area contributed by atoms with Gasteiger partial charge in [-0.15, -0.1) is 0 Å². The van der Waals surface area contributed by atoms with Crippen LogP contribution in [0.15, 0.2) is 0 Å². The first-order valence-corrected chi connectivity index (χ1v) is 11.1. The Kier molecular flexibility index (Phi) is 4.91. The standard InChI is InChI=1S/C23H38O3/c1-15(2)16-6-8-19-17(12-16)7-9-20-22(19,3)10-5-11-23(20,4)21(24)26-14-18-13-25-18/h15-20H,5-14H2,1-4H3. The lowest BCUT2D eigenvalue weighted by molar-refractivity contribution is -0.179. The van der Waals surface area contributed by atoms with Gasteiger partial charge in [0.05, 0.1) is 12.0 Å². The summed E-state index contributed by atoms with van der Waals surface area (Å²) in [5, 5.41) is 0. The van der Waals surface area contributed by atoms with Gasteiger partial charge >= 0.3 is 5.97 Å². The van der Waals surface area contributed by atoms with Gasteiger partial charge < -0.3 is 9.47 Å². The Hall–Kier alpha value is -0.570. The molecule has 0 radical (unpaired) electrons. The first kappa shape index (κ1) is 18.8. The molecule has 1 saturated heterocycles. The van der Waals surface area contributed by atoms with E-state index in [2.05, 4.69) is 27.7 Å². The molecule has 3 aliphatic carbocycles. The summed E-state index contributed by atoms with van der Waals surface area (Å²) in [7, 11) is 0. The van der Waals surface area contributed by atoms with Crippen molar-refractivity contribution in [3.63, 3.8) is 0 Å². The Balaban J connectivity index is 1.51. The quantitative estimate of drug-likeness (QED) is 0.508. The van der Waals surface area contributed by atoms with E-state index in [-0.39, 0.29) is 17.5 Å². The number of esters is 1. The topological polar surface area (TPSA) is 38.8 Å². The summed E-state index contributed by atoms with van der Waals surface area (Å²) in [6.45, 7) is 10.8. The third-order valence-corrected chi connectivity index (χ3v) is 8.88. The highest BCUT2D eigenvalue weighted by Crippen LogP contribution is 2.64. The summed E-state index contributed by atoms with van der Waals surface area (Å²) in [5.41, 5.74) is 0.0364. The lowest BCUT2D eigenvalue weighted by Gasteiger charge is -2.61. The number of hydrogen-bond acceptors (Lipinski definition) is 3. The van der Waals surface area contributed by atoms with E-state index in [0.29, 0.717) is 17.9 Å². The molecule has 7 atom stereocenters. The summed E-state index contributed by atoms with van der Waals surface area (Å²) in [6.07, 6.45) is 10.4. The van der Waals surface area contributed by atoms with Crippen molar-refractivity contribution in [1.82, 2.24) is 0 Å². The van der Waals surface area contributed by atoms with Crippen LogP contribution in [-0.2, 0) is 14.3 Å². The van der Waals surface area contributed by atoms with Crippen molar-refractivity contribution in [2.24, 2.45) is 40.4 Å². The molecule has 0 aromatic rings. The normalized spacial score (nSPS) is 47.8. The highest BCUT2D eigenvalue weighted by atomic mass is 16.6. The summed E-state index contributed by atoms with van der Waals surface area (Å²) in [5.74, 6) is 3.98. The zero-order chi connectivity index (χ0) is 18.5. The van der Waals surface area contributed by atoms with Gasteiger partial charge in [-0.3, -0.25) is 4.79 Å². The smallest absolute Gasteiger partial charge is 0.312 e. The van der Waals surface area contributed by atoms with Crippen LogP contribution in [0, 0.1) is 40.4 Å². The largest absolute Gasteiger partial charge is 0.462 e. The Labute approximate surface area is 159 Å². The molecule has 7 unspecified atom stereocenters. The van der Waals surface area contributed by atoms with Crippen molar-refractivity contribution in [2.75, 3.05) is 13.2 Å². The summed E-state index contributed by atoms with van der Waals surface area (Å²) in [4.78, 5) is 13.1. The summed E-state index contributed by atoms with van der Waals surface area (Å²) < 4.78 is 11.0. The van der Waals surface area contributed by atoms with E-state index in [0.717, 1.165) is 36.7 Å². The second kappa shape index (κ2) is 6.79. The first-order chi connectivity index (χ1) is 12.3. The monoisotopic (exact) mass is 362 g/mol. The third-order valence-electron chi connectivity index (χ3n) is 8.88. The molecule has 0 aromatic heterocycles. The van der Waals surface area contributed by atoms with Crippen LogP contribution in [0.4, 0.5) is 0 Å². The number of fused-ring (bicyclic) bond motifs is 3. The van der Waals surface area contributed by atoms with E-state index in [9.17, 15) is 4.79 Å². The predicted molar refractivity (Wildman–Crippen MR) is 103 cm³/mol. The van der Waals surface area contributed by atoms with Gasteiger partial charge in [0.25, 0.3) is 0 Å². The van der Waals surface area contributed by atoms with Crippen LogP contribution in [0.1, 0.15) is 79.1 Å². The van der Waals surface area contributed by atoms with Crippen molar-refractivity contribution in [1.29, 1.82) is 0 Å². The van der Waals surface area contributed by atoms with Crippen LogP contribution in [0.3, 0.4) is 0 Å². The Morgan fingerprint density at radius 3 is 2.62 bits per heavy atom. The maximum Gasteiger partial charge on any atom is 0.312 e. The molecule has 0 amide bonds. The fourth-order valence-corrected chi connectivity index (χ4v) is 7.22. The van der Waals surface area contributed by atoms with E-state index in [4.69, 9.17) is 9.47 Å². The van der Waals surface area contributed by atoms with Crippen molar-refractivity contribution < 1.29 is 14.3 Å². The van der Waals surface area contributed by atoms with Gasteiger partial charge in [0.1, 0.15) is 12.7 Å². The lowest BCUT2D eigenvalue weighted by atomic mass is 9.43. The van der Waals surface area contributed by atoms with Crippen LogP contribution < -0.4 is 0 Å². The molecular formula is C23H38O3. The molecule has 0 spiro atoms. The van der Waals surface area contributed by atoms with E-state index in [1.807, 2.05) is 0 Å². The van der Waals surface area contributed by atoms with Crippen molar-refractivity contribution in [3.8, 4) is 0 Å². The van der Waals surface area contributed by atoms with Gasteiger partial charge in [-0.2, -0.15) is 0 Å². The highest BCUT2D eigenvalue weighted by Gasteiger charge is 2.59. The predicted octanol–water partition coefficient (Wildman–Crippen LogP) is 5.22. The van der Waals surface area contributed by atoms with Crippen LogP contribution in [0.2, 0.25) is 0 Å². The Morgan fingerprint density at radius 2 is 1.92 bits per heavy atom. The number of carbonyl (C=O) groups is 1. The van der Waals surface area contributed by atoms with E-state index < -0.39 is 0 Å². The van der Waals surface area contributed by atoms with E-state index in [1.165, 1.54) is 44.9 Å². The van der Waals surface area contributed by atoms with Gasteiger partial charge in [-0.25, -0.2) is 0 Å². The molecule has 1 aliphatic heterocycles. The van der Waals surface area contributed by atoms with Crippen LogP contribution in [-0.4, -0.2) is 25.3 Å². The minimum Gasteiger partial charge on any atom is -0.462 e. The van der Waals surface area contributed by atoms with Gasteiger partial charge in [0, 0.05) is 0 Å². The zero-order valence-corrected chi connectivity index (χ0v) is 17.3. The van der Waals surface area contributed by atoms with Crippen LogP contribution in [0.5, 0.6) is 0 Å². The first-order valence-electron chi connectivity index (χ1n) is 11.1. The maximum absolute atomic E-state index is 13.1. The van der Waals surface area contributed by atoms with Crippen molar-refractivity contribution >= 4 is 5.97 Å². The molecule has 4 fully saturated rings.